The average Bonchev–Trinajstić information content (AvgIpc) is 2.97. The minimum Gasteiger partial charge on any atom is -0.423 e. The van der Waals surface area contributed by atoms with Crippen molar-refractivity contribution in [3.63, 3.8) is 0 Å². The second kappa shape index (κ2) is 6.66. The zero-order valence-electron chi connectivity index (χ0n) is 13.9. The largest absolute Gasteiger partial charge is 0.423 e. The molecule has 0 saturated heterocycles. The maximum atomic E-state index is 12.6. The molecule has 2 heterocycles. The van der Waals surface area contributed by atoms with Crippen LogP contribution in [0.2, 0.25) is 0 Å². The van der Waals surface area contributed by atoms with E-state index in [-0.39, 0.29) is 5.92 Å². The third-order valence-electron chi connectivity index (χ3n) is 3.88. The van der Waals surface area contributed by atoms with E-state index in [1.807, 2.05) is 43.3 Å². The molecule has 1 aromatic carbocycles. The van der Waals surface area contributed by atoms with Crippen molar-refractivity contribution in [1.29, 1.82) is 0 Å². The molecule has 0 radical (unpaired) electrons. The van der Waals surface area contributed by atoms with Crippen LogP contribution in [0.15, 0.2) is 55.0 Å². The molecule has 0 saturated carbocycles. The summed E-state index contributed by atoms with van der Waals surface area (Å²) in [4.78, 5) is 16.6. The first-order valence-electron chi connectivity index (χ1n) is 7.84. The van der Waals surface area contributed by atoms with E-state index in [1.165, 1.54) is 6.20 Å². The number of benzene rings is 1. The van der Waals surface area contributed by atoms with Gasteiger partial charge in [0.05, 0.1) is 17.6 Å². The summed E-state index contributed by atoms with van der Waals surface area (Å²) in [7, 11) is 0. The number of carbonyl (C=O) groups is 1. The summed E-state index contributed by atoms with van der Waals surface area (Å²) in [6.45, 7) is 5.98. The minimum absolute atomic E-state index is 0.273. The van der Waals surface area contributed by atoms with Gasteiger partial charge in [0.25, 0.3) is 0 Å². The molecule has 24 heavy (non-hydrogen) atoms. The lowest BCUT2D eigenvalue weighted by molar-refractivity contribution is 0.0732. The molecule has 0 aliphatic carbocycles. The number of rotatable bonds is 4. The first kappa shape index (κ1) is 15.9. The van der Waals surface area contributed by atoms with E-state index in [4.69, 9.17) is 4.74 Å². The van der Waals surface area contributed by atoms with Crippen molar-refractivity contribution in [3.05, 3.63) is 71.8 Å². The summed E-state index contributed by atoms with van der Waals surface area (Å²) >= 11 is 0. The van der Waals surface area contributed by atoms with Crippen LogP contribution >= 0.6 is 0 Å². The quantitative estimate of drug-likeness (QED) is 0.540. The number of para-hydroxylation sites is 1. The van der Waals surface area contributed by atoms with Gasteiger partial charge in [-0.2, -0.15) is 5.10 Å². The molecule has 0 aliphatic heterocycles. The Morgan fingerprint density at radius 3 is 2.54 bits per heavy atom. The molecule has 0 atom stereocenters. The smallest absolute Gasteiger partial charge is 0.347 e. The lowest BCUT2D eigenvalue weighted by atomic mass is 10.0. The SMILES string of the molecule is Cc1c(C(=O)Oc2ccccc2C(C)C)cnn1-c1ccncc1. The molecule has 0 spiro atoms. The number of pyridine rings is 1. The zero-order valence-corrected chi connectivity index (χ0v) is 13.9. The molecule has 0 aliphatic rings. The molecule has 2 aromatic heterocycles. The van der Waals surface area contributed by atoms with Gasteiger partial charge in [-0.25, -0.2) is 9.48 Å². The van der Waals surface area contributed by atoms with Crippen LogP contribution in [0.4, 0.5) is 0 Å². The molecule has 0 unspecified atom stereocenters. The van der Waals surface area contributed by atoms with Gasteiger partial charge in [-0.1, -0.05) is 32.0 Å². The van der Waals surface area contributed by atoms with Crippen LogP contribution in [0.25, 0.3) is 5.69 Å². The standard InChI is InChI=1S/C19H19N3O2/c1-13(2)16-6-4-5-7-18(16)24-19(23)17-12-21-22(14(17)3)15-8-10-20-11-9-15/h4-13H,1-3H3. The summed E-state index contributed by atoms with van der Waals surface area (Å²) in [6, 6.07) is 11.3. The molecular weight excluding hydrogens is 302 g/mol. The normalized spacial score (nSPS) is 10.8. The van der Waals surface area contributed by atoms with E-state index in [2.05, 4.69) is 23.9 Å². The predicted octanol–water partition coefficient (Wildman–Crippen LogP) is 3.92. The van der Waals surface area contributed by atoms with Gasteiger partial charge in [-0.05, 0) is 36.6 Å². The number of nitrogens with zero attached hydrogens (tertiary/aromatic N) is 3. The summed E-state index contributed by atoms with van der Waals surface area (Å²) < 4.78 is 7.32. The van der Waals surface area contributed by atoms with E-state index in [9.17, 15) is 4.79 Å². The van der Waals surface area contributed by atoms with Gasteiger partial charge in [0, 0.05) is 12.4 Å². The maximum Gasteiger partial charge on any atom is 0.347 e. The minimum atomic E-state index is -0.402. The Labute approximate surface area is 140 Å². The molecule has 122 valence electrons. The highest BCUT2D eigenvalue weighted by molar-refractivity contribution is 5.92. The van der Waals surface area contributed by atoms with Gasteiger partial charge in [-0.3, -0.25) is 4.98 Å². The third-order valence-corrected chi connectivity index (χ3v) is 3.88. The number of ether oxygens (including phenoxy) is 1. The molecule has 0 fully saturated rings. The monoisotopic (exact) mass is 321 g/mol. The van der Waals surface area contributed by atoms with Crippen LogP contribution in [-0.2, 0) is 0 Å². The maximum absolute atomic E-state index is 12.6. The predicted molar refractivity (Wildman–Crippen MR) is 91.6 cm³/mol. The van der Waals surface area contributed by atoms with Crippen molar-refractivity contribution in [3.8, 4) is 11.4 Å². The highest BCUT2D eigenvalue weighted by Gasteiger charge is 2.19. The third kappa shape index (κ3) is 3.06. The number of hydrogen-bond donors (Lipinski definition) is 0. The van der Waals surface area contributed by atoms with Crippen LogP contribution in [-0.4, -0.2) is 20.7 Å². The van der Waals surface area contributed by atoms with Gasteiger partial charge in [0.2, 0.25) is 0 Å². The highest BCUT2D eigenvalue weighted by atomic mass is 16.5. The van der Waals surface area contributed by atoms with Crippen LogP contribution in [0.3, 0.4) is 0 Å². The van der Waals surface area contributed by atoms with Crippen molar-refractivity contribution < 1.29 is 9.53 Å². The van der Waals surface area contributed by atoms with Crippen LogP contribution in [0, 0.1) is 6.92 Å². The van der Waals surface area contributed by atoms with Gasteiger partial charge in [0.1, 0.15) is 11.3 Å². The van der Waals surface area contributed by atoms with Gasteiger partial charge in [0.15, 0.2) is 0 Å². The number of hydrogen-bond acceptors (Lipinski definition) is 4. The lowest BCUT2D eigenvalue weighted by Gasteiger charge is -2.12. The fourth-order valence-electron chi connectivity index (χ4n) is 2.56. The van der Waals surface area contributed by atoms with Crippen molar-refractivity contribution >= 4 is 5.97 Å². The molecule has 3 rings (SSSR count). The molecule has 3 aromatic rings. The zero-order chi connectivity index (χ0) is 17.1. The van der Waals surface area contributed by atoms with Gasteiger partial charge in [-0.15, -0.1) is 0 Å². The molecule has 0 amide bonds. The van der Waals surface area contributed by atoms with Gasteiger partial charge >= 0.3 is 5.97 Å². The van der Waals surface area contributed by atoms with Crippen LogP contribution < -0.4 is 4.74 Å². The van der Waals surface area contributed by atoms with Crippen molar-refractivity contribution in [2.24, 2.45) is 0 Å². The number of carbonyl (C=O) groups excluding carboxylic acids is 1. The highest BCUT2D eigenvalue weighted by Crippen LogP contribution is 2.27. The lowest BCUT2D eigenvalue weighted by Crippen LogP contribution is -2.11. The summed E-state index contributed by atoms with van der Waals surface area (Å²) in [5.74, 6) is 0.462. The van der Waals surface area contributed by atoms with E-state index in [0.717, 1.165) is 16.9 Å². The molecule has 0 N–H and O–H groups in total. The Hall–Kier alpha value is -2.95. The Morgan fingerprint density at radius 2 is 1.83 bits per heavy atom. The summed E-state index contributed by atoms with van der Waals surface area (Å²) in [6.07, 6.45) is 4.91. The number of esters is 1. The van der Waals surface area contributed by atoms with E-state index in [0.29, 0.717) is 11.3 Å². The van der Waals surface area contributed by atoms with Crippen molar-refractivity contribution in [2.75, 3.05) is 0 Å². The van der Waals surface area contributed by atoms with E-state index < -0.39 is 5.97 Å². The Morgan fingerprint density at radius 1 is 1.12 bits per heavy atom. The van der Waals surface area contributed by atoms with Gasteiger partial charge < -0.3 is 4.74 Å². The molecule has 5 nitrogen and oxygen atoms in total. The Bertz CT molecular complexity index is 854. The molecule has 5 heteroatoms. The fraction of sp³-hybridized carbons (Fsp3) is 0.211. The molecular formula is C19H19N3O2. The first-order chi connectivity index (χ1) is 11.6. The van der Waals surface area contributed by atoms with Crippen LogP contribution in [0.5, 0.6) is 5.75 Å². The fourth-order valence-corrected chi connectivity index (χ4v) is 2.56. The Balaban J connectivity index is 1.89. The number of aromatic nitrogens is 3. The van der Waals surface area contributed by atoms with Crippen molar-refractivity contribution in [2.45, 2.75) is 26.7 Å². The average molecular weight is 321 g/mol. The second-order valence-corrected chi connectivity index (χ2v) is 5.84. The summed E-state index contributed by atoms with van der Waals surface area (Å²) in [5, 5.41) is 4.29. The molecule has 0 bridgehead atoms. The summed E-state index contributed by atoms with van der Waals surface area (Å²) in [5.41, 5.74) is 3.03. The Kier molecular flexibility index (Phi) is 4.42. The van der Waals surface area contributed by atoms with Crippen LogP contribution in [0.1, 0.15) is 41.4 Å². The first-order valence-corrected chi connectivity index (χ1v) is 7.84. The second-order valence-electron chi connectivity index (χ2n) is 5.84. The van der Waals surface area contributed by atoms with Crippen molar-refractivity contribution in [1.82, 2.24) is 14.8 Å². The van der Waals surface area contributed by atoms with E-state index in [1.54, 1.807) is 17.1 Å². The van der Waals surface area contributed by atoms with E-state index >= 15 is 0 Å². The topological polar surface area (TPSA) is 57.0 Å².